The molecule has 0 aliphatic rings. The molecule has 2 aromatic heterocycles. The summed E-state index contributed by atoms with van der Waals surface area (Å²) < 4.78 is 1.37. The lowest BCUT2D eigenvalue weighted by Crippen LogP contribution is -2.22. The van der Waals surface area contributed by atoms with Crippen LogP contribution < -0.4 is 5.56 Å². The zero-order chi connectivity index (χ0) is 12.1. The van der Waals surface area contributed by atoms with E-state index >= 15 is 0 Å². The Morgan fingerprint density at radius 2 is 1.94 bits per heavy atom. The predicted molar refractivity (Wildman–Crippen MR) is 63.4 cm³/mol. The smallest absolute Gasteiger partial charge is 0.266 e. The zero-order valence-electron chi connectivity index (χ0n) is 9.28. The highest BCUT2D eigenvalue weighted by Crippen LogP contribution is 2.12. The van der Waals surface area contributed by atoms with E-state index in [0.717, 1.165) is 11.3 Å². The Labute approximate surface area is 98.4 Å². The van der Waals surface area contributed by atoms with E-state index in [9.17, 15) is 4.79 Å². The van der Waals surface area contributed by atoms with Gasteiger partial charge in [0.2, 0.25) is 0 Å². The van der Waals surface area contributed by atoms with Gasteiger partial charge in [-0.3, -0.25) is 9.78 Å². The fourth-order valence-electron chi connectivity index (χ4n) is 1.51. The van der Waals surface area contributed by atoms with Crippen LogP contribution in [0.3, 0.4) is 0 Å². The molecule has 2 heterocycles. The van der Waals surface area contributed by atoms with Crippen molar-refractivity contribution >= 4 is 0 Å². The van der Waals surface area contributed by atoms with Gasteiger partial charge in [-0.05, 0) is 24.6 Å². The van der Waals surface area contributed by atoms with Crippen LogP contribution in [-0.4, -0.2) is 26.5 Å². The molecule has 0 bridgehead atoms. The Morgan fingerprint density at radius 3 is 2.65 bits per heavy atom. The highest BCUT2D eigenvalue weighted by Gasteiger charge is 2.02. The maximum atomic E-state index is 11.5. The van der Waals surface area contributed by atoms with E-state index in [1.807, 2.05) is 12.1 Å². The van der Waals surface area contributed by atoms with Gasteiger partial charge in [0, 0.05) is 37.2 Å². The topological polar surface area (TPSA) is 68.0 Å². The van der Waals surface area contributed by atoms with Crippen molar-refractivity contribution in [2.45, 2.75) is 13.0 Å². The molecule has 0 aromatic carbocycles. The molecule has 0 unspecified atom stereocenters. The first-order valence-electron chi connectivity index (χ1n) is 5.40. The number of hydrogen-bond acceptors (Lipinski definition) is 4. The van der Waals surface area contributed by atoms with E-state index < -0.39 is 0 Å². The van der Waals surface area contributed by atoms with Gasteiger partial charge in [0.05, 0.1) is 5.69 Å². The second-order valence-electron chi connectivity index (χ2n) is 3.59. The van der Waals surface area contributed by atoms with E-state index in [1.165, 1.54) is 10.7 Å². The molecule has 5 heteroatoms. The molecular weight excluding hydrogens is 218 g/mol. The van der Waals surface area contributed by atoms with Gasteiger partial charge in [-0.2, -0.15) is 5.10 Å². The molecule has 88 valence electrons. The van der Waals surface area contributed by atoms with Crippen molar-refractivity contribution in [3.05, 3.63) is 47.0 Å². The molecule has 0 saturated carbocycles. The Kier molecular flexibility index (Phi) is 3.62. The molecule has 0 spiro atoms. The fraction of sp³-hybridized carbons (Fsp3) is 0.250. The van der Waals surface area contributed by atoms with Crippen molar-refractivity contribution in [3.63, 3.8) is 0 Å². The molecule has 2 aromatic rings. The van der Waals surface area contributed by atoms with Gasteiger partial charge >= 0.3 is 0 Å². The summed E-state index contributed by atoms with van der Waals surface area (Å²) in [5.74, 6) is 0. The standard InChI is InChI=1S/C12H13N3O2/c16-9-1-8-15-12(17)3-2-11(14-15)10-4-6-13-7-5-10/h2-7,16H,1,8-9H2. The summed E-state index contributed by atoms with van der Waals surface area (Å²) in [6.45, 7) is 0.474. The molecule has 17 heavy (non-hydrogen) atoms. The number of rotatable bonds is 4. The summed E-state index contributed by atoms with van der Waals surface area (Å²) in [6, 6.07) is 6.85. The number of hydrogen-bond donors (Lipinski definition) is 1. The summed E-state index contributed by atoms with van der Waals surface area (Å²) >= 11 is 0. The van der Waals surface area contributed by atoms with Crippen LogP contribution in [0.1, 0.15) is 6.42 Å². The Morgan fingerprint density at radius 1 is 1.18 bits per heavy atom. The third kappa shape index (κ3) is 2.76. The quantitative estimate of drug-likeness (QED) is 0.840. The molecule has 0 aliphatic carbocycles. The Bertz CT molecular complexity index is 537. The number of nitrogens with zero attached hydrogens (tertiary/aromatic N) is 3. The SMILES string of the molecule is O=c1ccc(-c2ccncc2)nn1CCCO. The van der Waals surface area contributed by atoms with Gasteiger partial charge in [-0.15, -0.1) is 0 Å². The molecule has 0 radical (unpaired) electrons. The molecule has 2 rings (SSSR count). The van der Waals surface area contributed by atoms with Crippen LogP contribution in [0.2, 0.25) is 0 Å². The van der Waals surface area contributed by atoms with E-state index in [-0.39, 0.29) is 12.2 Å². The van der Waals surface area contributed by atoms with Crippen molar-refractivity contribution in [3.8, 4) is 11.3 Å². The second-order valence-corrected chi connectivity index (χ2v) is 3.59. The first-order chi connectivity index (χ1) is 8.31. The highest BCUT2D eigenvalue weighted by atomic mass is 16.3. The lowest BCUT2D eigenvalue weighted by Gasteiger charge is -2.05. The number of pyridine rings is 1. The van der Waals surface area contributed by atoms with E-state index in [4.69, 9.17) is 5.11 Å². The first-order valence-corrected chi connectivity index (χ1v) is 5.40. The summed E-state index contributed by atoms with van der Waals surface area (Å²) in [5.41, 5.74) is 1.49. The molecule has 0 amide bonds. The lowest BCUT2D eigenvalue weighted by atomic mass is 10.2. The summed E-state index contributed by atoms with van der Waals surface area (Å²) in [6.07, 6.45) is 3.88. The van der Waals surface area contributed by atoms with Crippen LogP contribution in [-0.2, 0) is 6.54 Å². The summed E-state index contributed by atoms with van der Waals surface area (Å²) in [4.78, 5) is 15.4. The number of aliphatic hydroxyl groups is 1. The monoisotopic (exact) mass is 231 g/mol. The normalized spacial score (nSPS) is 10.4. The highest BCUT2D eigenvalue weighted by molar-refractivity contribution is 5.56. The number of aliphatic hydroxyl groups excluding tert-OH is 1. The minimum atomic E-state index is -0.156. The predicted octanol–water partition coefficient (Wildman–Crippen LogP) is 0.688. The van der Waals surface area contributed by atoms with Gasteiger partial charge in [-0.25, -0.2) is 4.68 Å². The van der Waals surface area contributed by atoms with Gasteiger partial charge < -0.3 is 5.11 Å². The zero-order valence-corrected chi connectivity index (χ0v) is 9.28. The van der Waals surface area contributed by atoms with Crippen LogP contribution in [0.5, 0.6) is 0 Å². The minimum Gasteiger partial charge on any atom is -0.396 e. The van der Waals surface area contributed by atoms with Crippen LogP contribution in [0.25, 0.3) is 11.3 Å². The average molecular weight is 231 g/mol. The van der Waals surface area contributed by atoms with E-state index in [1.54, 1.807) is 18.5 Å². The van der Waals surface area contributed by atoms with Crippen LogP contribution in [0, 0.1) is 0 Å². The van der Waals surface area contributed by atoms with Gasteiger partial charge in [0.25, 0.3) is 5.56 Å². The van der Waals surface area contributed by atoms with E-state index in [2.05, 4.69) is 10.1 Å². The maximum absolute atomic E-state index is 11.5. The first kappa shape index (κ1) is 11.5. The fourth-order valence-corrected chi connectivity index (χ4v) is 1.51. The van der Waals surface area contributed by atoms with Gasteiger partial charge in [-0.1, -0.05) is 0 Å². The summed E-state index contributed by atoms with van der Waals surface area (Å²) in [7, 11) is 0. The van der Waals surface area contributed by atoms with Crippen molar-refractivity contribution in [1.82, 2.24) is 14.8 Å². The van der Waals surface area contributed by atoms with Crippen LogP contribution in [0.4, 0.5) is 0 Å². The second kappa shape index (κ2) is 5.36. The summed E-state index contributed by atoms with van der Waals surface area (Å²) in [5, 5.41) is 13.0. The molecule has 5 nitrogen and oxygen atoms in total. The van der Waals surface area contributed by atoms with Crippen molar-refractivity contribution in [2.24, 2.45) is 0 Å². The van der Waals surface area contributed by atoms with Crippen LogP contribution >= 0.6 is 0 Å². The molecular formula is C12H13N3O2. The van der Waals surface area contributed by atoms with E-state index in [0.29, 0.717) is 13.0 Å². The van der Waals surface area contributed by atoms with Crippen molar-refractivity contribution in [2.75, 3.05) is 6.61 Å². The molecule has 0 aliphatic heterocycles. The third-order valence-electron chi connectivity index (χ3n) is 2.37. The van der Waals surface area contributed by atoms with Gasteiger partial charge in [0.15, 0.2) is 0 Å². The number of aromatic nitrogens is 3. The van der Waals surface area contributed by atoms with Gasteiger partial charge in [0.1, 0.15) is 0 Å². The number of aryl methyl sites for hydroxylation is 1. The molecule has 1 N–H and O–H groups in total. The molecule has 0 atom stereocenters. The third-order valence-corrected chi connectivity index (χ3v) is 2.37. The Hall–Kier alpha value is -2.01. The Balaban J connectivity index is 2.34. The average Bonchev–Trinajstić information content (AvgIpc) is 2.39. The van der Waals surface area contributed by atoms with Crippen LogP contribution in [0.15, 0.2) is 41.5 Å². The maximum Gasteiger partial charge on any atom is 0.266 e. The molecule has 0 saturated heterocycles. The minimum absolute atomic E-state index is 0.0492. The largest absolute Gasteiger partial charge is 0.396 e. The van der Waals surface area contributed by atoms with Crippen molar-refractivity contribution < 1.29 is 5.11 Å². The molecule has 0 fully saturated rings. The lowest BCUT2D eigenvalue weighted by molar-refractivity contribution is 0.275. The van der Waals surface area contributed by atoms with Crippen molar-refractivity contribution in [1.29, 1.82) is 0 Å².